The van der Waals surface area contributed by atoms with Gasteiger partial charge in [0.15, 0.2) is 0 Å². The van der Waals surface area contributed by atoms with E-state index in [0.717, 1.165) is 0 Å². The summed E-state index contributed by atoms with van der Waals surface area (Å²) in [5.41, 5.74) is 5.37. The molecule has 0 N–H and O–H groups in total. The molecule has 1 aliphatic rings. The van der Waals surface area contributed by atoms with Crippen LogP contribution in [0.5, 0.6) is 0 Å². The van der Waals surface area contributed by atoms with Gasteiger partial charge in [0.2, 0.25) is 0 Å². The van der Waals surface area contributed by atoms with Crippen molar-refractivity contribution < 1.29 is 0 Å². The molecule has 9 rings (SSSR count). The highest BCUT2D eigenvalue weighted by atomic mass is 32.1. The van der Waals surface area contributed by atoms with Gasteiger partial charge in [0.1, 0.15) is 0 Å². The zero-order valence-corrected chi connectivity index (χ0v) is 29.4. The molecule has 4 heteroatoms. The maximum Gasteiger partial charge on any atom is 0.0527 e. The third-order valence-electron chi connectivity index (χ3n) is 9.40. The third kappa shape index (κ3) is 5.53. The summed E-state index contributed by atoms with van der Waals surface area (Å²) >= 11 is 7.90. The molecule has 1 aliphatic heterocycles. The quantitative estimate of drug-likeness (QED) is 0.173. The molecule has 0 spiro atoms. The van der Waals surface area contributed by atoms with Gasteiger partial charge in [-0.1, -0.05) is 121 Å². The Morgan fingerprint density at radius 3 is 0.542 bits per heavy atom. The molecule has 8 bridgehead atoms. The van der Waals surface area contributed by atoms with Gasteiger partial charge in [0, 0.05) is 39.0 Å². The van der Waals surface area contributed by atoms with Crippen molar-refractivity contribution in [1.82, 2.24) is 0 Å². The third-order valence-corrected chi connectivity index (χ3v) is 14.3. The first-order valence-electron chi connectivity index (χ1n) is 16.4. The van der Waals surface area contributed by atoms with Crippen LogP contribution in [0.4, 0.5) is 0 Å². The number of hydrogen-bond donors (Lipinski definition) is 0. The van der Waals surface area contributed by atoms with E-state index in [1.807, 2.05) is 45.3 Å². The number of rotatable bonds is 4. The standard InChI is InChI=1S/C44H32S4/c1-5-13-29(14-6-1)41-33-21-23-35(45-33)42(30-15-7-2-8-16-30)37-25-27-39(47-37)44(32-19-11-4-12-20-32)40-28-26-38(48-40)43(31-17-9-3-10-18-31)36-24-22-34(41)46-36/h1-28,41-44H. The summed E-state index contributed by atoms with van der Waals surface area (Å²) in [7, 11) is 0. The lowest BCUT2D eigenvalue weighted by atomic mass is 9.93. The van der Waals surface area contributed by atoms with E-state index in [1.54, 1.807) is 0 Å². The molecule has 4 aromatic heterocycles. The Morgan fingerprint density at radius 2 is 0.375 bits per heavy atom. The molecule has 0 saturated carbocycles. The second-order valence-corrected chi connectivity index (χ2v) is 16.9. The largest absolute Gasteiger partial charge is 0.143 e. The number of hydrogen-bond acceptors (Lipinski definition) is 4. The molecule has 8 aromatic rings. The molecule has 0 unspecified atom stereocenters. The molecule has 48 heavy (non-hydrogen) atoms. The Labute approximate surface area is 298 Å². The Bertz CT molecular complexity index is 1850. The predicted octanol–water partition coefficient (Wildman–Crippen LogP) is 13.0. The van der Waals surface area contributed by atoms with Crippen molar-refractivity contribution >= 4 is 45.3 Å². The van der Waals surface area contributed by atoms with E-state index in [-0.39, 0.29) is 23.7 Å². The van der Waals surface area contributed by atoms with Gasteiger partial charge >= 0.3 is 0 Å². The van der Waals surface area contributed by atoms with Gasteiger partial charge in [-0.05, 0) is 70.8 Å². The first kappa shape index (κ1) is 29.8. The molecule has 5 heterocycles. The molecule has 0 saturated heterocycles. The fourth-order valence-electron chi connectivity index (χ4n) is 7.17. The van der Waals surface area contributed by atoms with E-state index in [1.165, 1.54) is 61.3 Å². The molecule has 0 amide bonds. The SMILES string of the molecule is c1ccc(C2c3ccc(s3)C(c3ccccc3)c3ccc(s3)C(c3ccccc3)c3ccc(s3)C(c3ccccc3)c3ccc2s3)cc1. The normalized spacial score (nSPS) is 18.8. The molecule has 0 atom stereocenters. The van der Waals surface area contributed by atoms with Crippen molar-refractivity contribution in [3.8, 4) is 0 Å². The zero-order chi connectivity index (χ0) is 31.9. The van der Waals surface area contributed by atoms with Gasteiger partial charge in [-0.25, -0.2) is 0 Å². The first-order chi connectivity index (χ1) is 23.8. The van der Waals surface area contributed by atoms with Crippen molar-refractivity contribution in [2.24, 2.45) is 0 Å². The van der Waals surface area contributed by atoms with Crippen LogP contribution in [-0.2, 0) is 0 Å². The van der Waals surface area contributed by atoms with Crippen LogP contribution in [0.15, 0.2) is 170 Å². The topological polar surface area (TPSA) is 0 Å². The number of thiophene rings is 4. The minimum atomic E-state index is 0.185. The summed E-state index contributed by atoms with van der Waals surface area (Å²) in [4.78, 5) is 11.2. The van der Waals surface area contributed by atoms with E-state index in [0.29, 0.717) is 0 Å². The average molecular weight is 689 g/mol. The van der Waals surface area contributed by atoms with Crippen LogP contribution >= 0.6 is 45.3 Å². The fraction of sp³-hybridized carbons (Fsp3) is 0.0909. The van der Waals surface area contributed by atoms with Gasteiger partial charge in [-0.3, -0.25) is 0 Å². The summed E-state index contributed by atoms with van der Waals surface area (Å²) in [5.74, 6) is 0.740. The Kier molecular flexibility index (Phi) is 8.03. The monoisotopic (exact) mass is 688 g/mol. The number of benzene rings is 4. The van der Waals surface area contributed by atoms with Crippen LogP contribution in [0.3, 0.4) is 0 Å². The van der Waals surface area contributed by atoms with Crippen molar-refractivity contribution in [2.45, 2.75) is 23.7 Å². The van der Waals surface area contributed by atoms with Gasteiger partial charge in [0.05, 0.1) is 23.7 Å². The summed E-state index contributed by atoms with van der Waals surface area (Å²) < 4.78 is 0. The van der Waals surface area contributed by atoms with E-state index in [4.69, 9.17) is 0 Å². The molecule has 0 fully saturated rings. The van der Waals surface area contributed by atoms with Crippen molar-refractivity contribution in [3.63, 3.8) is 0 Å². The molecule has 0 radical (unpaired) electrons. The Balaban J connectivity index is 1.30. The molecular weight excluding hydrogens is 657 g/mol. The van der Waals surface area contributed by atoms with Gasteiger partial charge in [0.25, 0.3) is 0 Å². The zero-order valence-electron chi connectivity index (χ0n) is 26.1. The maximum absolute atomic E-state index is 2.40. The van der Waals surface area contributed by atoms with Gasteiger partial charge < -0.3 is 0 Å². The fourth-order valence-corrected chi connectivity index (χ4v) is 12.7. The minimum absolute atomic E-state index is 0.185. The molecule has 0 nitrogen and oxygen atoms in total. The van der Waals surface area contributed by atoms with Crippen molar-refractivity contribution in [2.75, 3.05) is 0 Å². The first-order valence-corrected chi connectivity index (χ1v) is 19.6. The van der Waals surface area contributed by atoms with Crippen LogP contribution in [-0.4, -0.2) is 0 Å². The molecule has 232 valence electrons. The highest BCUT2D eigenvalue weighted by Crippen LogP contribution is 2.49. The molecular formula is C44H32S4. The summed E-state index contributed by atoms with van der Waals surface area (Å²) in [6, 6.07) is 63.5. The maximum atomic E-state index is 2.40. The van der Waals surface area contributed by atoms with E-state index in [2.05, 4.69) is 170 Å². The average Bonchev–Trinajstić information content (AvgIpc) is 3.98. The molecule has 4 aromatic carbocycles. The predicted molar refractivity (Wildman–Crippen MR) is 207 cm³/mol. The van der Waals surface area contributed by atoms with Crippen LogP contribution in [0.25, 0.3) is 0 Å². The second kappa shape index (κ2) is 12.9. The molecule has 0 aliphatic carbocycles. The summed E-state index contributed by atoms with van der Waals surface area (Å²) in [5, 5.41) is 0. The van der Waals surface area contributed by atoms with Crippen LogP contribution in [0.1, 0.15) is 84.9 Å². The van der Waals surface area contributed by atoms with Gasteiger partial charge in [-0.2, -0.15) is 0 Å². The highest BCUT2D eigenvalue weighted by Gasteiger charge is 2.30. The number of fused-ring (bicyclic) bond motifs is 8. The van der Waals surface area contributed by atoms with Gasteiger partial charge in [-0.15, -0.1) is 45.3 Å². The van der Waals surface area contributed by atoms with E-state index >= 15 is 0 Å². The lowest BCUT2D eigenvalue weighted by Crippen LogP contribution is -2.01. The van der Waals surface area contributed by atoms with Crippen LogP contribution in [0.2, 0.25) is 0 Å². The van der Waals surface area contributed by atoms with Crippen molar-refractivity contribution in [3.05, 3.63) is 231 Å². The van der Waals surface area contributed by atoms with Crippen molar-refractivity contribution in [1.29, 1.82) is 0 Å². The summed E-state index contributed by atoms with van der Waals surface area (Å²) in [6.07, 6.45) is 0. The Hall–Kier alpha value is -4.32. The summed E-state index contributed by atoms with van der Waals surface area (Å²) in [6.45, 7) is 0. The van der Waals surface area contributed by atoms with E-state index in [9.17, 15) is 0 Å². The lowest BCUT2D eigenvalue weighted by Gasteiger charge is -2.19. The smallest absolute Gasteiger partial charge is 0.0527 e. The highest BCUT2D eigenvalue weighted by molar-refractivity contribution is 7.15. The lowest BCUT2D eigenvalue weighted by molar-refractivity contribution is 1.04. The Morgan fingerprint density at radius 1 is 0.208 bits per heavy atom. The van der Waals surface area contributed by atoms with Crippen LogP contribution in [0, 0.1) is 0 Å². The second-order valence-electron chi connectivity index (χ2n) is 12.3. The minimum Gasteiger partial charge on any atom is -0.143 e. The van der Waals surface area contributed by atoms with Crippen LogP contribution < -0.4 is 0 Å². The van der Waals surface area contributed by atoms with E-state index < -0.39 is 0 Å².